The Morgan fingerprint density at radius 2 is 1.94 bits per heavy atom. The molecule has 2 atom stereocenters. The summed E-state index contributed by atoms with van der Waals surface area (Å²) in [7, 11) is 0. The highest BCUT2D eigenvalue weighted by molar-refractivity contribution is 9.10. The molecule has 2 aliphatic carbocycles. The second-order valence-electron chi connectivity index (χ2n) is 5.61. The summed E-state index contributed by atoms with van der Waals surface area (Å²) in [5.41, 5.74) is 2.09. The van der Waals surface area contributed by atoms with Crippen molar-refractivity contribution in [3.8, 4) is 0 Å². The SMILES string of the molecule is Cc1ccc(NC(=O)C2C3CCCCC32)c(Br)c1. The number of halogens is 1. The quantitative estimate of drug-likeness (QED) is 0.874. The molecule has 3 heteroatoms. The summed E-state index contributed by atoms with van der Waals surface area (Å²) in [6, 6.07) is 6.04. The molecule has 0 aromatic heterocycles. The summed E-state index contributed by atoms with van der Waals surface area (Å²) in [5.74, 6) is 1.84. The summed E-state index contributed by atoms with van der Waals surface area (Å²) < 4.78 is 0.972. The number of nitrogens with one attached hydrogen (secondary N) is 1. The van der Waals surface area contributed by atoms with Gasteiger partial charge in [0.25, 0.3) is 0 Å². The number of amides is 1. The fourth-order valence-corrected chi connectivity index (χ4v) is 3.91. The molecule has 18 heavy (non-hydrogen) atoms. The Morgan fingerprint density at radius 1 is 1.28 bits per heavy atom. The molecule has 0 bridgehead atoms. The third-order valence-corrected chi connectivity index (χ3v) is 5.00. The molecule has 1 N–H and O–H groups in total. The Balaban J connectivity index is 1.68. The minimum atomic E-state index is 0.219. The summed E-state index contributed by atoms with van der Waals surface area (Å²) in [4.78, 5) is 12.2. The van der Waals surface area contributed by atoms with Gasteiger partial charge in [-0.3, -0.25) is 4.79 Å². The van der Waals surface area contributed by atoms with Crippen molar-refractivity contribution in [2.24, 2.45) is 17.8 Å². The molecule has 2 saturated carbocycles. The molecule has 2 unspecified atom stereocenters. The van der Waals surface area contributed by atoms with Crippen LogP contribution in [0.2, 0.25) is 0 Å². The van der Waals surface area contributed by atoms with Crippen LogP contribution in [-0.2, 0) is 4.79 Å². The van der Waals surface area contributed by atoms with Crippen LogP contribution in [0.15, 0.2) is 22.7 Å². The topological polar surface area (TPSA) is 29.1 Å². The summed E-state index contributed by atoms with van der Waals surface area (Å²) in [6.45, 7) is 2.05. The summed E-state index contributed by atoms with van der Waals surface area (Å²) >= 11 is 3.51. The van der Waals surface area contributed by atoms with Crippen LogP contribution in [0, 0.1) is 24.7 Å². The van der Waals surface area contributed by atoms with Gasteiger partial charge < -0.3 is 5.32 Å². The fraction of sp³-hybridized carbons (Fsp3) is 0.533. The predicted molar refractivity (Wildman–Crippen MR) is 76.4 cm³/mol. The van der Waals surface area contributed by atoms with Crippen LogP contribution in [0.25, 0.3) is 0 Å². The first kappa shape index (κ1) is 12.2. The molecule has 3 rings (SSSR count). The molecule has 1 amide bonds. The number of rotatable bonds is 2. The highest BCUT2D eigenvalue weighted by Gasteiger charge is 2.54. The third-order valence-electron chi connectivity index (χ3n) is 4.34. The van der Waals surface area contributed by atoms with Crippen LogP contribution in [-0.4, -0.2) is 5.91 Å². The highest BCUT2D eigenvalue weighted by Crippen LogP contribution is 2.55. The minimum absolute atomic E-state index is 0.219. The Kier molecular flexibility index (Phi) is 3.18. The summed E-state index contributed by atoms with van der Waals surface area (Å²) in [6.07, 6.45) is 5.11. The second-order valence-corrected chi connectivity index (χ2v) is 6.46. The number of carbonyl (C=O) groups excluding carboxylic acids is 1. The van der Waals surface area contributed by atoms with E-state index in [2.05, 4.69) is 21.2 Å². The number of benzene rings is 1. The van der Waals surface area contributed by atoms with Gasteiger partial charge in [-0.05, 0) is 65.2 Å². The van der Waals surface area contributed by atoms with Crippen LogP contribution in [0.4, 0.5) is 5.69 Å². The highest BCUT2D eigenvalue weighted by atomic mass is 79.9. The predicted octanol–water partition coefficient (Wildman–Crippen LogP) is 4.13. The van der Waals surface area contributed by atoms with E-state index >= 15 is 0 Å². The van der Waals surface area contributed by atoms with Crippen molar-refractivity contribution in [2.45, 2.75) is 32.6 Å². The molecular weight excluding hydrogens is 290 g/mol. The molecule has 2 aliphatic rings. The Hall–Kier alpha value is -0.830. The zero-order chi connectivity index (χ0) is 12.7. The van der Waals surface area contributed by atoms with E-state index in [0.717, 1.165) is 10.2 Å². The lowest BCUT2D eigenvalue weighted by Gasteiger charge is -2.07. The first-order chi connectivity index (χ1) is 8.66. The average molecular weight is 308 g/mol. The number of fused-ring (bicyclic) bond motifs is 1. The Morgan fingerprint density at radius 3 is 2.56 bits per heavy atom. The summed E-state index contributed by atoms with van der Waals surface area (Å²) in [5, 5.41) is 3.07. The van der Waals surface area contributed by atoms with Crippen molar-refractivity contribution in [3.63, 3.8) is 0 Å². The van der Waals surface area contributed by atoms with Crippen LogP contribution in [0.3, 0.4) is 0 Å². The van der Waals surface area contributed by atoms with Gasteiger partial charge in [0.15, 0.2) is 0 Å². The van der Waals surface area contributed by atoms with E-state index in [4.69, 9.17) is 0 Å². The molecule has 0 saturated heterocycles. The van der Waals surface area contributed by atoms with Gasteiger partial charge in [0.2, 0.25) is 5.91 Å². The number of anilines is 1. The number of aryl methyl sites for hydroxylation is 1. The maximum Gasteiger partial charge on any atom is 0.228 e. The first-order valence-electron chi connectivity index (χ1n) is 6.74. The van der Waals surface area contributed by atoms with Gasteiger partial charge in [-0.1, -0.05) is 18.9 Å². The van der Waals surface area contributed by atoms with Gasteiger partial charge in [-0.25, -0.2) is 0 Å². The standard InChI is InChI=1S/C15H18BrNO/c1-9-6-7-13(12(16)8-9)17-15(18)14-10-4-2-3-5-11(10)14/h6-8,10-11,14H,2-5H2,1H3,(H,17,18). The fourth-order valence-electron chi connectivity index (χ4n) is 3.32. The lowest BCUT2D eigenvalue weighted by atomic mass is 10.0. The van der Waals surface area contributed by atoms with Gasteiger partial charge >= 0.3 is 0 Å². The molecule has 0 aliphatic heterocycles. The minimum Gasteiger partial charge on any atom is -0.325 e. The zero-order valence-corrected chi connectivity index (χ0v) is 12.2. The molecule has 0 spiro atoms. The van der Waals surface area contributed by atoms with E-state index in [9.17, 15) is 4.79 Å². The van der Waals surface area contributed by atoms with Crippen molar-refractivity contribution < 1.29 is 4.79 Å². The normalized spacial score (nSPS) is 29.6. The number of hydrogen-bond acceptors (Lipinski definition) is 1. The van der Waals surface area contributed by atoms with E-state index in [-0.39, 0.29) is 11.8 Å². The van der Waals surface area contributed by atoms with E-state index in [0.29, 0.717) is 11.8 Å². The molecule has 2 nitrogen and oxygen atoms in total. The smallest absolute Gasteiger partial charge is 0.228 e. The van der Waals surface area contributed by atoms with Gasteiger partial charge in [-0.15, -0.1) is 0 Å². The van der Waals surface area contributed by atoms with Crippen LogP contribution < -0.4 is 5.32 Å². The van der Waals surface area contributed by atoms with Gasteiger partial charge in [0, 0.05) is 10.4 Å². The zero-order valence-electron chi connectivity index (χ0n) is 10.6. The van der Waals surface area contributed by atoms with E-state index in [1.165, 1.54) is 31.2 Å². The maximum absolute atomic E-state index is 12.2. The van der Waals surface area contributed by atoms with E-state index < -0.39 is 0 Å². The van der Waals surface area contributed by atoms with Crippen LogP contribution >= 0.6 is 15.9 Å². The van der Waals surface area contributed by atoms with Crippen molar-refractivity contribution >= 4 is 27.5 Å². The van der Waals surface area contributed by atoms with Crippen molar-refractivity contribution in [1.29, 1.82) is 0 Å². The Bertz CT molecular complexity index is 473. The Labute approximate surface area is 116 Å². The average Bonchev–Trinajstić information content (AvgIpc) is 3.07. The second kappa shape index (κ2) is 4.69. The van der Waals surface area contributed by atoms with Gasteiger partial charge in [0.1, 0.15) is 0 Å². The molecular formula is C15H18BrNO. The van der Waals surface area contributed by atoms with Crippen molar-refractivity contribution in [2.75, 3.05) is 5.32 Å². The molecule has 1 aromatic carbocycles. The first-order valence-corrected chi connectivity index (χ1v) is 7.53. The molecule has 1 aromatic rings. The van der Waals surface area contributed by atoms with Crippen LogP contribution in [0.1, 0.15) is 31.2 Å². The van der Waals surface area contributed by atoms with E-state index in [1.807, 2.05) is 25.1 Å². The number of carbonyl (C=O) groups is 1. The largest absolute Gasteiger partial charge is 0.325 e. The maximum atomic E-state index is 12.2. The van der Waals surface area contributed by atoms with Crippen molar-refractivity contribution in [3.05, 3.63) is 28.2 Å². The van der Waals surface area contributed by atoms with E-state index in [1.54, 1.807) is 0 Å². The molecule has 0 radical (unpaired) electrons. The molecule has 2 fully saturated rings. The lowest BCUT2D eigenvalue weighted by Crippen LogP contribution is -2.15. The van der Waals surface area contributed by atoms with Gasteiger partial charge in [0.05, 0.1) is 5.69 Å². The van der Waals surface area contributed by atoms with Crippen molar-refractivity contribution in [1.82, 2.24) is 0 Å². The molecule has 96 valence electrons. The third kappa shape index (κ3) is 2.20. The molecule has 0 heterocycles. The monoisotopic (exact) mass is 307 g/mol. The lowest BCUT2D eigenvalue weighted by molar-refractivity contribution is -0.117. The van der Waals surface area contributed by atoms with Gasteiger partial charge in [-0.2, -0.15) is 0 Å². The number of hydrogen-bond donors (Lipinski definition) is 1. The van der Waals surface area contributed by atoms with Crippen LogP contribution in [0.5, 0.6) is 0 Å².